The van der Waals surface area contributed by atoms with Crippen molar-refractivity contribution in [2.24, 2.45) is 0 Å². The molecule has 0 radical (unpaired) electrons. The van der Waals surface area contributed by atoms with Crippen LogP contribution in [0.2, 0.25) is 0 Å². The molecule has 1 aromatic carbocycles. The monoisotopic (exact) mass is 412 g/mol. The first-order chi connectivity index (χ1) is 13.9. The second-order valence-corrected chi connectivity index (χ2v) is 7.26. The molecule has 0 spiro atoms. The second kappa shape index (κ2) is 6.95. The van der Waals surface area contributed by atoms with Crippen molar-refractivity contribution in [3.63, 3.8) is 0 Å². The number of rotatable bonds is 5. The molecule has 1 aliphatic rings. The van der Waals surface area contributed by atoms with Gasteiger partial charge in [0.15, 0.2) is 11.5 Å². The van der Waals surface area contributed by atoms with E-state index in [-0.39, 0.29) is 22.2 Å². The molecule has 1 aliphatic heterocycles. The Morgan fingerprint density at radius 1 is 1.28 bits per heavy atom. The lowest BCUT2D eigenvalue weighted by atomic mass is 9.95. The maximum absolute atomic E-state index is 13.0. The molecule has 29 heavy (non-hydrogen) atoms. The number of benzene rings is 1. The number of carbonyl (C=O) groups excluding carboxylic acids is 2. The van der Waals surface area contributed by atoms with E-state index in [0.29, 0.717) is 10.6 Å². The third-order valence-electron chi connectivity index (χ3n) is 4.34. The number of nitro groups is 1. The fourth-order valence-corrected chi connectivity index (χ4v) is 3.77. The van der Waals surface area contributed by atoms with Gasteiger partial charge in [-0.1, -0.05) is 11.3 Å². The predicted molar refractivity (Wildman–Crippen MR) is 101 cm³/mol. The minimum absolute atomic E-state index is 0.0541. The topological polar surface area (TPSA) is 140 Å². The molecule has 1 amide bonds. The van der Waals surface area contributed by atoms with Crippen molar-refractivity contribution in [2.45, 2.75) is 13.0 Å². The Morgan fingerprint density at radius 3 is 2.55 bits per heavy atom. The summed E-state index contributed by atoms with van der Waals surface area (Å²) in [6.45, 7) is 1.70. The molecular weight excluding hydrogens is 400 g/mol. The van der Waals surface area contributed by atoms with Gasteiger partial charge in [0.1, 0.15) is 5.01 Å². The molecule has 11 heteroatoms. The summed E-state index contributed by atoms with van der Waals surface area (Å²) in [4.78, 5) is 37.4. The number of carbonyl (C=O) groups is 2. The number of aliphatic hydroxyl groups excluding tert-OH is 1. The van der Waals surface area contributed by atoms with Crippen LogP contribution in [0, 0.1) is 17.0 Å². The van der Waals surface area contributed by atoms with E-state index >= 15 is 0 Å². The van der Waals surface area contributed by atoms with Gasteiger partial charge in [0.25, 0.3) is 11.6 Å². The van der Waals surface area contributed by atoms with Crippen LogP contribution >= 0.6 is 11.3 Å². The Bertz CT molecular complexity index is 1150. The summed E-state index contributed by atoms with van der Waals surface area (Å²) in [6.07, 6.45) is 1.30. The number of Topliss-reactive ketones (excluding diaryl/α,β-unsaturated/α-hetero) is 1. The van der Waals surface area contributed by atoms with Crippen LogP contribution in [0.15, 0.2) is 58.4 Å². The third-order valence-corrected chi connectivity index (χ3v) is 5.18. The number of aromatic nitrogens is 2. The number of nitro benzene ring substituents is 1. The van der Waals surface area contributed by atoms with Crippen LogP contribution in [0.25, 0.3) is 0 Å². The minimum Gasteiger partial charge on any atom is -0.503 e. The first-order valence-corrected chi connectivity index (χ1v) is 9.09. The molecule has 0 unspecified atom stereocenters. The summed E-state index contributed by atoms with van der Waals surface area (Å²) in [6, 6.07) is 7.23. The number of nitrogens with zero attached hydrogens (tertiary/aromatic N) is 4. The van der Waals surface area contributed by atoms with Gasteiger partial charge in [-0.2, -0.15) is 0 Å². The average molecular weight is 412 g/mol. The molecule has 3 aromatic rings. The lowest BCUT2D eigenvalue weighted by Crippen LogP contribution is -2.31. The van der Waals surface area contributed by atoms with Gasteiger partial charge >= 0.3 is 0 Å². The van der Waals surface area contributed by atoms with Gasteiger partial charge in [0.05, 0.1) is 22.8 Å². The first kappa shape index (κ1) is 18.5. The number of anilines is 1. The predicted octanol–water partition coefficient (Wildman–Crippen LogP) is 3.13. The molecular formula is C18H12N4O6S. The van der Waals surface area contributed by atoms with E-state index in [9.17, 15) is 24.8 Å². The van der Waals surface area contributed by atoms with Crippen molar-refractivity contribution in [3.05, 3.63) is 80.4 Å². The molecule has 0 aliphatic carbocycles. The van der Waals surface area contributed by atoms with Crippen molar-refractivity contribution in [1.82, 2.24) is 10.2 Å². The molecule has 0 bridgehead atoms. The van der Waals surface area contributed by atoms with Crippen LogP contribution in [-0.4, -0.2) is 31.9 Å². The maximum atomic E-state index is 13.0. The van der Waals surface area contributed by atoms with Crippen molar-refractivity contribution in [2.75, 3.05) is 4.90 Å². The van der Waals surface area contributed by atoms with Gasteiger partial charge < -0.3 is 9.52 Å². The summed E-state index contributed by atoms with van der Waals surface area (Å²) in [5.41, 5.74) is 0.0333. The smallest absolute Gasteiger partial charge is 0.296 e. The summed E-state index contributed by atoms with van der Waals surface area (Å²) in [5, 5.41) is 30.1. The third kappa shape index (κ3) is 3.06. The van der Waals surface area contributed by atoms with Crippen LogP contribution in [0.4, 0.5) is 10.8 Å². The normalized spacial score (nSPS) is 16.5. The van der Waals surface area contributed by atoms with Crippen LogP contribution < -0.4 is 4.90 Å². The average Bonchev–Trinajstić information content (AvgIpc) is 3.43. The number of hydrogen-bond acceptors (Lipinski definition) is 9. The van der Waals surface area contributed by atoms with Gasteiger partial charge in [-0.25, -0.2) is 0 Å². The number of hydrogen-bond donors (Lipinski definition) is 1. The van der Waals surface area contributed by atoms with Gasteiger partial charge in [-0.05, 0) is 36.8 Å². The highest BCUT2D eigenvalue weighted by atomic mass is 32.1. The van der Waals surface area contributed by atoms with E-state index in [0.717, 1.165) is 16.2 Å². The zero-order chi connectivity index (χ0) is 20.7. The molecule has 2 aromatic heterocycles. The van der Waals surface area contributed by atoms with Crippen molar-refractivity contribution >= 4 is 33.8 Å². The highest BCUT2D eigenvalue weighted by Crippen LogP contribution is 2.43. The Morgan fingerprint density at radius 2 is 2.00 bits per heavy atom. The second-order valence-electron chi connectivity index (χ2n) is 6.10. The quantitative estimate of drug-likeness (QED) is 0.383. The number of aliphatic hydroxyl groups is 1. The number of aryl methyl sites for hydroxylation is 1. The van der Waals surface area contributed by atoms with Crippen molar-refractivity contribution < 1.29 is 24.0 Å². The molecule has 0 fully saturated rings. The summed E-state index contributed by atoms with van der Waals surface area (Å²) >= 11 is 1.11. The van der Waals surface area contributed by atoms with Crippen LogP contribution in [0.3, 0.4) is 0 Å². The highest BCUT2D eigenvalue weighted by molar-refractivity contribution is 7.15. The van der Waals surface area contributed by atoms with E-state index in [1.54, 1.807) is 6.92 Å². The Balaban J connectivity index is 1.86. The molecule has 4 rings (SSSR count). The van der Waals surface area contributed by atoms with Gasteiger partial charge in [0, 0.05) is 12.1 Å². The summed E-state index contributed by atoms with van der Waals surface area (Å²) < 4.78 is 5.13. The van der Waals surface area contributed by atoms with Crippen LogP contribution in [-0.2, 0) is 4.79 Å². The first-order valence-electron chi connectivity index (χ1n) is 8.28. The molecule has 146 valence electrons. The van der Waals surface area contributed by atoms with E-state index in [2.05, 4.69) is 10.2 Å². The number of non-ortho nitro benzene ring substituents is 1. The Kier molecular flexibility index (Phi) is 4.43. The SMILES string of the molecule is Cc1nnc(N2C(=O)C(O)=C(C(=O)c3ccco3)[C@H]2c2ccc([N+](=O)[O-])cc2)s1. The van der Waals surface area contributed by atoms with E-state index in [1.807, 2.05) is 0 Å². The lowest BCUT2D eigenvalue weighted by molar-refractivity contribution is -0.384. The molecule has 3 heterocycles. The molecule has 10 nitrogen and oxygen atoms in total. The molecule has 1 atom stereocenters. The number of ketones is 1. The fraction of sp³-hybridized carbons (Fsp3) is 0.111. The zero-order valence-electron chi connectivity index (χ0n) is 14.8. The van der Waals surface area contributed by atoms with E-state index in [1.165, 1.54) is 42.7 Å². The minimum atomic E-state index is -1.05. The largest absolute Gasteiger partial charge is 0.503 e. The Labute approximate surface area is 166 Å². The number of amides is 1. The molecule has 0 saturated carbocycles. The van der Waals surface area contributed by atoms with E-state index < -0.39 is 28.4 Å². The van der Waals surface area contributed by atoms with Gasteiger partial charge in [0.2, 0.25) is 10.9 Å². The van der Waals surface area contributed by atoms with Crippen LogP contribution in [0.1, 0.15) is 27.2 Å². The molecule has 1 N–H and O–H groups in total. The number of furan rings is 1. The van der Waals surface area contributed by atoms with Crippen molar-refractivity contribution in [3.8, 4) is 0 Å². The van der Waals surface area contributed by atoms with Crippen LogP contribution in [0.5, 0.6) is 0 Å². The van der Waals surface area contributed by atoms with Gasteiger partial charge in [-0.15, -0.1) is 10.2 Å². The molecule has 0 saturated heterocycles. The highest BCUT2D eigenvalue weighted by Gasteiger charge is 2.46. The summed E-state index contributed by atoms with van der Waals surface area (Å²) in [7, 11) is 0. The van der Waals surface area contributed by atoms with Crippen molar-refractivity contribution in [1.29, 1.82) is 0 Å². The summed E-state index contributed by atoms with van der Waals surface area (Å²) in [5.74, 6) is -2.28. The van der Waals surface area contributed by atoms with Gasteiger partial charge in [-0.3, -0.25) is 24.6 Å². The Hall–Kier alpha value is -3.86. The zero-order valence-corrected chi connectivity index (χ0v) is 15.6. The fourth-order valence-electron chi connectivity index (χ4n) is 3.05. The standard InChI is InChI=1S/C18H12N4O6S/c1-9-19-20-18(29-9)21-14(10-4-6-11(7-5-10)22(26)27)13(16(24)17(21)25)15(23)12-3-2-8-28-12/h2-8,14,24H,1H3/t14-/m1/s1. The lowest BCUT2D eigenvalue weighted by Gasteiger charge is -2.23. The maximum Gasteiger partial charge on any atom is 0.296 e. The van der Waals surface area contributed by atoms with E-state index in [4.69, 9.17) is 4.42 Å².